The van der Waals surface area contributed by atoms with Gasteiger partial charge in [-0.1, -0.05) is 35.9 Å². The number of hydrogen-bond donors (Lipinski definition) is 2. The molecule has 4 nitrogen and oxygen atoms in total. The van der Waals surface area contributed by atoms with Crippen LogP contribution in [-0.2, 0) is 10.2 Å². The maximum absolute atomic E-state index is 12.1. The Labute approximate surface area is 180 Å². The van der Waals surface area contributed by atoms with Crippen LogP contribution in [0.15, 0.2) is 48.2 Å². The fourth-order valence-corrected chi connectivity index (χ4v) is 5.10. The molecule has 3 rings (SSSR count). The molecule has 4 N–H and O–H groups in total. The van der Waals surface area contributed by atoms with E-state index in [1.165, 1.54) is 18.4 Å². The van der Waals surface area contributed by atoms with Crippen molar-refractivity contribution in [2.75, 3.05) is 13.1 Å². The van der Waals surface area contributed by atoms with Crippen LogP contribution >= 0.6 is 11.6 Å². The Hall–Kier alpha value is -1.78. The van der Waals surface area contributed by atoms with Crippen LogP contribution in [0.4, 0.5) is 0 Å². The van der Waals surface area contributed by atoms with Crippen LogP contribution in [0, 0.1) is 5.92 Å². The average Bonchev–Trinajstić information content (AvgIpc) is 2.72. The molecule has 0 aromatic heterocycles. The normalized spacial score (nSPS) is 26.8. The second-order valence-electron chi connectivity index (χ2n) is 8.66. The first kappa shape index (κ1) is 21.9. The largest absolute Gasteiger partial charge is 0.399 e. The van der Waals surface area contributed by atoms with Crippen molar-refractivity contribution < 1.29 is 4.79 Å². The Kier molecular flexibility index (Phi) is 7.42. The summed E-state index contributed by atoms with van der Waals surface area (Å²) in [5.74, 6) is 0.848. The zero-order valence-electron chi connectivity index (χ0n) is 17.4. The highest BCUT2D eigenvalue weighted by Crippen LogP contribution is 2.42. The number of rotatable bonds is 7. The molecule has 0 radical (unpaired) electrons. The van der Waals surface area contributed by atoms with Crippen molar-refractivity contribution in [1.29, 1.82) is 0 Å². The van der Waals surface area contributed by atoms with E-state index in [1.54, 1.807) is 6.92 Å². The molecule has 2 aliphatic rings. The molecule has 0 saturated heterocycles. The Morgan fingerprint density at radius 3 is 2.66 bits per heavy atom. The Balaban J connectivity index is 1.50. The van der Waals surface area contributed by atoms with E-state index in [0.29, 0.717) is 12.5 Å². The minimum absolute atomic E-state index is 0.0615. The monoisotopic (exact) mass is 415 g/mol. The Morgan fingerprint density at radius 1 is 1.31 bits per heavy atom. The van der Waals surface area contributed by atoms with Gasteiger partial charge >= 0.3 is 0 Å². The van der Waals surface area contributed by atoms with E-state index in [1.807, 2.05) is 29.2 Å². The van der Waals surface area contributed by atoms with Crippen molar-refractivity contribution in [2.24, 2.45) is 17.4 Å². The van der Waals surface area contributed by atoms with Gasteiger partial charge in [-0.05, 0) is 74.6 Å². The lowest BCUT2D eigenvalue weighted by atomic mass is 9.66. The summed E-state index contributed by atoms with van der Waals surface area (Å²) in [4.78, 5) is 14.1. The van der Waals surface area contributed by atoms with Gasteiger partial charge in [-0.25, -0.2) is 0 Å². The van der Waals surface area contributed by atoms with E-state index in [0.717, 1.165) is 49.4 Å². The van der Waals surface area contributed by atoms with Crippen molar-refractivity contribution in [1.82, 2.24) is 4.90 Å². The lowest BCUT2D eigenvalue weighted by Crippen LogP contribution is -2.40. The van der Waals surface area contributed by atoms with Gasteiger partial charge < -0.3 is 16.4 Å². The van der Waals surface area contributed by atoms with E-state index in [2.05, 4.69) is 18.2 Å². The van der Waals surface area contributed by atoms with Crippen LogP contribution in [0.25, 0.3) is 0 Å². The zero-order valence-corrected chi connectivity index (χ0v) is 18.2. The molecule has 1 unspecified atom stereocenters. The SMILES string of the molecule is CC(=O)N(CCC[C@H]1CC[C@](CN)(c2cccc(Cl)c2)CC1)C1C=CC(N)=CC1. The Bertz CT molecular complexity index is 765. The lowest BCUT2D eigenvalue weighted by molar-refractivity contribution is -0.130. The third-order valence-electron chi connectivity index (χ3n) is 6.81. The summed E-state index contributed by atoms with van der Waals surface area (Å²) in [5, 5.41) is 0.787. The van der Waals surface area contributed by atoms with Crippen molar-refractivity contribution in [2.45, 2.75) is 63.3 Å². The standard InChI is InChI=1S/C24H34ClN3O/c1-18(29)28(23-9-7-22(27)8-10-23)15-3-4-19-11-13-24(17-26,14-12-19)20-5-2-6-21(25)16-20/h2,5-9,16,19,23H,3-4,10-15,17,26-27H2,1H3/t19-,23?,24-. The molecule has 0 heterocycles. The van der Waals surface area contributed by atoms with Crippen molar-refractivity contribution in [3.63, 3.8) is 0 Å². The van der Waals surface area contributed by atoms with Gasteiger partial charge in [0.1, 0.15) is 0 Å². The summed E-state index contributed by atoms with van der Waals surface area (Å²) in [6, 6.07) is 8.34. The minimum Gasteiger partial charge on any atom is -0.399 e. The Morgan fingerprint density at radius 2 is 2.07 bits per heavy atom. The number of carbonyl (C=O) groups is 1. The molecule has 1 fully saturated rings. The topological polar surface area (TPSA) is 72.3 Å². The highest BCUT2D eigenvalue weighted by atomic mass is 35.5. The molecule has 1 aromatic carbocycles. The molecule has 158 valence electrons. The fraction of sp³-hybridized carbons (Fsp3) is 0.542. The molecule has 5 heteroatoms. The van der Waals surface area contributed by atoms with E-state index < -0.39 is 0 Å². The number of halogens is 1. The maximum Gasteiger partial charge on any atom is 0.219 e. The van der Waals surface area contributed by atoms with Crippen LogP contribution in [-0.4, -0.2) is 29.9 Å². The second kappa shape index (κ2) is 9.82. The van der Waals surface area contributed by atoms with Crippen LogP contribution in [0.3, 0.4) is 0 Å². The highest BCUT2D eigenvalue weighted by Gasteiger charge is 2.35. The molecule has 1 amide bonds. The van der Waals surface area contributed by atoms with E-state index in [9.17, 15) is 4.79 Å². The van der Waals surface area contributed by atoms with Crippen molar-refractivity contribution >= 4 is 17.5 Å². The number of carbonyl (C=O) groups excluding carboxylic acids is 1. The smallest absolute Gasteiger partial charge is 0.219 e. The molecular weight excluding hydrogens is 382 g/mol. The average molecular weight is 416 g/mol. The van der Waals surface area contributed by atoms with Crippen molar-refractivity contribution in [3.05, 3.63) is 58.8 Å². The molecule has 0 spiro atoms. The summed E-state index contributed by atoms with van der Waals surface area (Å²) in [6.45, 7) is 3.14. The van der Waals surface area contributed by atoms with Gasteiger partial charge in [-0.2, -0.15) is 0 Å². The van der Waals surface area contributed by atoms with E-state index in [-0.39, 0.29) is 17.4 Å². The third-order valence-corrected chi connectivity index (χ3v) is 7.05. The molecular formula is C24H34ClN3O. The second-order valence-corrected chi connectivity index (χ2v) is 9.10. The first-order chi connectivity index (χ1) is 13.9. The summed E-state index contributed by atoms with van der Waals surface area (Å²) < 4.78 is 0. The van der Waals surface area contributed by atoms with Gasteiger partial charge in [-0.15, -0.1) is 0 Å². The zero-order chi connectivity index (χ0) is 20.9. The molecule has 2 aliphatic carbocycles. The van der Waals surface area contributed by atoms with Crippen molar-refractivity contribution in [3.8, 4) is 0 Å². The first-order valence-electron chi connectivity index (χ1n) is 10.8. The predicted molar refractivity (Wildman–Crippen MR) is 121 cm³/mol. The third kappa shape index (κ3) is 5.43. The minimum atomic E-state index is 0.0615. The van der Waals surface area contributed by atoms with Gasteiger partial charge in [0.2, 0.25) is 5.91 Å². The van der Waals surface area contributed by atoms with Crippen LogP contribution in [0.1, 0.15) is 57.4 Å². The quantitative estimate of drug-likeness (QED) is 0.687. The van der Waals surface area contributed by atoms with Crippen LogP contribution < -0.4 is 11.5 Å². The number of amides is 1. The first-order valence-corrected chi connectivity index (χ1v) is 11.2. The van der Waals surface area contributed by atoms with Gasteiger partial charge in [0.25, 0.3) is 0 Å². The lowest BCUT2D eigenvalue weighted by Gasteiger charge is -2.40. The fourth-order valence-electron chi connectivity index (χ4n) is 4.91. The molecule has 0 bridgehead atoms. The molecule has 1 saturated carbocycles. The number of benzene rings is 1. The summed E-state index contributed by atoms with van der Waals surface area (Å²) in [7, 11) is 0. The number of nitrogens with zero attached hydrogens (tertiary/aromatic N) is 1. The highest BCUT2D eigenvalue weighted by molar-refractivity contribution is 6.30. The van der Waals surface area contributed by atoms with E-state index in [4.69, 9.17) is 23.1 Å². The predicted octanol–water partition coefficient (Wildman–Crippen LogP) is 4.53. The summed E-state index contributed by atoms with van der Waals surface area (Å²) in [6.07, 6.45) is 13.6. The number of nitrogens with two attached hydrogens (primary N) is 2. The van der Waals surface area contributed by atoms with Gasteiger partial charge in [-0.3, -0.25) is 4.79 Å². The van der Waals surface area contributed by atoms with Crippen LogP contribution in [0.5, 0.6) is 0 Å². The number of hydrogen-bond acceptors (Lipinski definition) is 3. The van der Waals surface area contributed by atoms with E-state index >= 15 is 0 Å². The summed E-state index contributed by atoms with van der Waals surface area (Å²) in [5.41, 5.74) is 14.2. The molecule has 29 heavy (non-hydrogen) atoms. The summed E-state index contributed by atoms with van der Waals surface area (Å²) >= 11 is 6.22. The number of allylic oxidation sites excluding steroid dienone is 1. The van der Waals surface area contributed by atoms with Gasteiger partial charge in [0, 0.05) is 36.1 Å². The molecule has 1 atom stereocenters. The van der Waals surface area contributed by atoms with Gasteiger partial charge in [0.15, 0.2) is 0 Å². The van der Waals surface area contributed by atoms with Crippen LogP contribution in [0.2, 0.25) is 5.02 Å². The maximum atomic E-state index is 12.1. The molecule has 1 aromatic rings. The van der Waals surface area contributed by atoms with Gasteiger partial charge in [0.05, 0.1) is 6.04 Å². The molecule has 0 aliphatic heterocycles.